The molecule has 1 atom stereocenters. The van der Waals surface area contributed by atoms with E-state index in [1.54, 1.807) is 0 Å². The average Bonchev–Trinajstić information content (AvgIpc) is 2.16. The van der Waals surface area contributed by atoms with Crippen LogP contribution in [0.2, 0.25) is 0 Å². The Morgan fingerprint density at radius 2 is 2.00 bits per heavy atom. The SMILES string of the molecule is O=S(NS(=O)(=O)C(F)(F)F)c1cccnc1. The van der Waals surface area contributed by atoms with Crippen LogP contribution < -0.4 is 4.13 Å². The van der Waals surface area contributed by atoms with Crippen LogP contribution in [-0.2, 0) is 21.0 Å². The molecule has 1 aromatic rings. The lowest BCUT2D eigenvalue weighted by Crippen LogP contribution is -2.37. The fraction of sp³-hybridized carbons (Fsp3) is 0.167. The van der Waals surface area contributed by atoms with E-state index in [-0.39, 0.29) is 4.90 Å². The summed E-state index contributed by atoms with van der Waals surface area (Å²) in [7, 11) is -8.14. The summed E-state index contributed by atoms with van der Waals surface area (Å²) >= 11 is 0. The van der Waals surface area contributed by atoms with Crippen LogP contribution in [0.25, 0.3) is 0 Å². The Balaban J connectivity index is 2.89. The van der Waals surface area contributed by atoms with E-state index >= 15 is 0 Å². The van der Waals surface area contributed by atoms with Gasteiger partial charge < -0.3 is 0 Å². The summed E-state index contributed by atoms with van der Waals surface area (Å²) in [5.74, 6) is 0. The second-order valence-corrected chi connectivity index (χ2v) is 5.64. The minimum absolute atomic E-state index is 0.171. The lowest BCUT2D eigenvalue weighted by molar-refractivity contribution is -0.0440. The molecule has 0 radical (unpaired) electrons. The van der Waals surface area contributed by atoms with Crippen molar-refractivity contribution in [1.82, 2.24) is 9.11 Å². The number of aromatic nitrogens is 1. The predicted octanol–water partition coefficient (Wildman–Crippen LogP) is 0.543. The highest BCUT2D eigenvalue weighted by Crippen LogP contribution is 2.22. The molecule has 0 aliphatic heterocycles. The van der Waals surface area contributed by atoms with Gasteiger partial charge in [-0.3, -0.25) is 4.98 Å². The van der Waals surface area contributed by atoms with Gasteiger partial charge in [-0.1, -0.05) is 0 Å². The fourth-order valence-corrected chi connectivity index (χ4v) is 2.57. The maximum atomic E-state index is 11.9. The highest BCUT2D eigenvalue weighted by atomic mass is 32.3. The van der Waals surface area contributed by atoms with Crippen LogP contribution in [0, 0.1) is 0 Å². The van der Waals surface area contributed by atoms with Crippen molar-refractivity contribution in [2.45, 2.75) is 10.4 Å². The molecular weight excluding hydrogens is 269 g/mol. The Morgan fingerprint density at radius 3 is 2.44 bits per heavy atom. The van der Waals surface area contributed by atoms with Crippen LogP contribution >= 0.6 is 0 Å². The Labute approximate surface area is 91.3 Å². The van der Waals surface area contributed by atoms with E-state index < -0.39 is 26.5 Å². The van der Waals surface area contributed by atoms with Crippen LogP contribution in [0.15, 0.2) is 29.4 Å². The molecule has 0 aliphatic carbocycles. The van der Waals surface area contributed by atoms with Crippen molar-refractivity contribution >= 4 is 21.0 Å². The van der Waals surface area contributed by atoms with Gasteiger partial charge in [0, 0.05) is 12.4 Å². The molecule has 0 amide bonds. The molecule has 1 unspecified atom stereocenters. The van der Waals surface area contributed by atoms with Crippen molar-refractivity contribution in [3.8, 4) is 0 Å². The van der Waals surface area contributed by atoms with Gasteiger partial charge in [-0.05, 0) is 12.1 Å². The zero-order chi connectivity index (χ0) is 12.4. The Bertz CT molecular complexity index is 485. The second kappa shape index (κ2) is 4.47. The minimum atomic E-state index is -5.62. The van der Waals surface area contributed by atoms with Gasteiger partial charge in [0.15, 0.2) is 0 Å². The van der Waals surface area contributed by atoms with Gasteiger partial charge in [-0.2, -0.15) is 13.2 Å². The van der Waals surface area contributed by atoms with Crippen LogP contribution in [0.1, 0.15) is 0 Å². The Hall–Kier alpha value is -1.00. The van der Waals surface area contributed by atoms with E-state index in [1.165, 1.54) is 18.3 Å². The first-order valence-corrected chi connectivity index (χ1v) is 6.28. The summed E-state index contributed by atoms with van der Waals surface area (Å²) in [4.78, 5) is 3.32. The Kier molecular flexibility index (Phi) is 3.65. The number of sulfonamides is 1. The number of hydrogen-bond acceptors (Lipinski definition) is 4. The van der Waals surface area contributed by atoms with Crippen LogP contribution in [0.4, 0.5) is 13.2 Å². The number of nitrogens with zero attached hydrogens (tertiary/aromatic N) is 1. The van der Waals surface area contributed by atoms with Gasteiger partial charge in [-0.15, -0.1) is 4.13 Å². The number of alkyl halides is 3. The van der Waals surface area contributed by atoms with Crippen LogP contribution in [0.5, 0.6) is 0 Å². The van der Waals surface area contributed by atoms with E-state index in [1.807, 2.05) is 0 Å². The van der Waals surface area contributed by atoms with Crippen LogP contribution in [0.3, 0.4) is 0 Å². The molecule has 1 heterocycles. The smallest absolute Gasteiger partial charge is 0.263 e. The molecule has 1 N–H and O–H groups in total. The summed E-state index contributed by atoms with van der Waals surface area (Å²) in [6, 6.07) is 2.50. The molecule has 1 rings (SSSR count). The van der Waals surface area contributed by atoms with E-state index in [4.69, 9.17) is 0 Å². The molecule has 5 nitrogen and oxygen atoms in total. The largest absolute Gasteiger partial charge is 0.512 e. The highest BCUT2D eigenvalue weighted by Gasteiger charge is 2.47. The van der Waals surface area contributed by atoms with Gasteiger partial charge in [0.25, 0.3) is 0 Å². The average molecular weight is 274 g/mol. The summed E-state index contributed by atoms with van der Waals surface area (Å²) in [6.45, 7) is 0. The van der Waals surface area contributed by atoms with Gasteiger partial charge in [-0.25, -0.2) is 12.6 Å². The van der Waals surface area contributed by atoms with Gasteiger partial charge in [0.1, 0.15) is 11.0 Å². The summed E-state index contributed by atoms with van der Waals surface area (Å²) < 4.78 is 69.1. The van der Waals surface area contributed by atoms with Gasteiger partial charge in [0.2, 0.25) is 0 Å². The van der Waals surface area contributed by atoms with E-state index in [0.717, 1.165) is 10.3 Å². The molecule has 16 heavy (non-hydrogen) atoms. The van der Waals surface area contributed by atoms with Crippen molar-refractivity contribution in [1.29, 1.82) is 0 Å². The molecule has 0 spiro atoms. The van der Waals surface area contributed by atoms with Gasteiger partial charge >= 0.3 is 15.5 Å². The number of nitrogens with one attached hydrogen (secondary N) is 1. The zero-order valence-electron chi connectivity index (χ0n) is 7.43. The topological polar surface area (TPSA) is 76.1 Å². The standard InChI is InChI=1S/C6H5F3N2O3S2/c7-6(8,9)16(13,14)11-15(12)5-2-1-3-10-4-5/h1-4,11H. The maximum Gasteiger partial charge on any atom is 0.512 e. The fourth-order valence-electron chi connectivity index (χ4n) is 0.652. The zero-order valence-corrected chi connectivity index (χ0v) is 9.06. The third kappa shape index (κ3) is 3.00. The van der Waals surface area contributed by atoms with Crippen molar-refractivity contribution in [3.05, 3.63) is 24.5 Å². The van der Waals surface area contributed by atoms with Crippen molar-refractivity contribution in [3.63, 3.8) is 0 Å². The summed E-state index contributed by atoms with van der Waals surface area (Å²) in [5.41, 5.74) is -5.50. The number of pyridine rings is 1. The number of halogens is 3. The summed E-state index contributed by atoms with van der Waals surface area (Å²) in [6.07, 6.45) is 2.30. The first-order valence-electron chi connectivity index (χ1n) is 3.64. The van der Waals surface area contributed by atoms with Crippen LogP contribution in [-0.4, -0.2) is 23.1 Å². The molecule has 0 saturated heterocycles. The third-order valence-electron chi connectivity index (χ3n) is 1.34. The lowest BCUT2D eigenvalue weighted by Gasteiger charge is -2.08. The Morgan fingerprint density at radius 1 is 1.38 bits per heavy atom. The predicted molar refractivity (Wildman–Crippen MR) is 48.8 cm³/mol. The van der Waals surface area contributed by atoms with Crippen molar-refractivity contribution < 1.29 is 25.8 Å². The molecule has 0 bridgehead atoms. The quantitative estimate of drug-likeness (QED) is 0.873. The van der Waals surface area contributed by atoms with Gasteiger partial charge in [0.05, 0.1) is 4.90 Å². The monoisotopic (exact) mass is 274 g/mol. The molecule has 0 aliphatic rings. The molecule has 90 valence electrons. The molecule has 10 heteroatoms. The maximum absolute atomic E-state index is 11.9. The second-order valence-electron chi connectivity index (χ2n) is 2.49. The molecule has 0 aromatic carbocycles. The molecule has 0 fully saturated rings. The third-order valence-corrected chi connectivity index (χ3v) is 4.10. The minimum Gasteiger partial charge on any atom is -0.263 e. The molecule has 1 aromatic heterocycles. The van der Waals surface area contributed by atoms with Crippen molar-refractivity contribution in [2.24, 2.45) is 0 Å². The first kappa shape index (κ1) is 13.1. The molecule has 0 saturated carbocycles. The van der Waals surface area contributed by atoms with E-state index in [2.05, 4.69) is 4.98 Å². The number of hydrogen-bond donors (Lipinski definition) is 1. The first-order chi connectivity index (χ1) is 7.24. The highest BCUT2D eigenvalue weighted by molar-refractivity contribution is 8.02. The number of rotatable bonds is 3. The normalized spacial score (nSPS) is 14.7. The molecular formula is C6H5F3N2O3S2. The van der Waals surface area contributed by atoms with E-state index in [0.29, 0.717) is 0 Å². The summed E-state index contributed by atoms with van der Waals surface area (Å²) in [5, 5.41) is 0. The van der Waals surface area contributed by atoms with Crippen molar-refractivity contribution in [2.75, 3.05) is 0 Å². The van der Waals surface area contributed by atoms with E-state index in [9.17, 15) is 25.8 Å². The lowest BCUT2D eigenvalue weighted by atomic mass is 10.5.